The van der Waals surface area contributed by atoms with Crippen LogP contribution in [0.5, 0.6) is 0 Å². The smallest absolute Gasteiger partial charge is 0.410 e. The number of carboxylic acid groups (broad SMARTS) is 1. The Balaban J connectivity index is 0.703. The maximum Gasteiger partial charge on any atom is 0.410 e. The third-order valence-electron chi connectivity index (χ3n) is 21.9. The number of primary amides is 2. The highest BCUT2D eigenvalue weighted by Gasteiger charge is 2.66. The molecule has 2 aliphatic heterocycles. The molecule has 4 aromatic carbocycles. The molecule has 7 aromatic rings. The number of urea groups is 1. The minimum absolute atomic E-state index is 0.0293. The molecule has 9 amide bonds. The number of anilines is 2. The second kappa shape index (κ2) is 32.9. The van der Waals surface area contributed by atoms with Crippen molar-refractivity contribution in [2.45, 2.75) is 135 Å². The molecular weight excluding hydrogens is 1520 g/mol. The van der Waals surface area contributed by atoms with Gasteiger partial charge in [0.1, 0.15) is 18.7 Å². The van der Waals surface area contributed by atoms with E-state index in [1.54, 1.807) is 30.5 Å². The van der Waals surface area contributed by atoms with E-state index in [1.165, 1.54) is 42.5 Å². The number of aromatic nitrogens is 4. The maximum absolute atomic E-state index is 14.8. The van der Waals surface area contributed by atoms with Crippen LogP contribution in [0.2, 0.25) is 0 Å². The zero-order valence-electron chi connectivity index (χ0n) is 62.5. The minimum atomic E-state index is -4.60. The number of fused-ring (bicyclic) bond motifs is 2. The van der Waals surface area contributed by atoms with Gasteiger partial charge in [-0.15, -0.1) is 0 Å². The van der Waals surface area contributed by atoms with Gasteiger partial charge in [-0.3, -0.25) is 62.5 Å². The Hall–Kier alpha value is -10.5. The maximum atomic E-state index is 14.8. The summed E-state index contributed by atoms with van der Waals surface area (Å²) in [6, 6.07) is 21.7. The number of nitrogens with zero attached hydrogens (tertiary/aromatic N) is 8. The number of ether oxygens (including phenoxy) is 3. The number of carboxylic acids is 1. The first-order valence-corrected chi connectivity index (χ1v) is 40.8. The number of aromatic carboxylic acids is 1. The molecular formula is C77H89N13O20S3. The van der Waals surface area contributed by atoms with Gasteiger partial charge in [0.2, 0.25) is 17.7 Å². The Morgan fingerprint density at radius 2 is 1.51 bits per heavy atom. The highest BCUT2D eigenvalue weighted by molar-refractivity contribution is 7.86. The second-order valence-corrected chi connectivity index (χ2v) is 35.2. The Morgan fingerprint density at radius 1 is 0.805 bits per heavy atom. The Morgan fingerprint density at radius 3 is 2.19 bits per heavy atom. The molecule has 600 valence electrons. The number of ketones is 1. The van der Waals surface area contributed by atoms with Crippen molar-refractivity contribution in [3.8, 4) is 22.4 Å². The van der Waals surface area contributed by atoms with E-state index in [-0.39, 0.29) is 79.1 Å². The highest BCUT2D eigenvalue weighted by atomic mass is 32.2. The molecule has 3 unspecified atom stereocenters. The monoisotopic (exact) mass is 1610 g/mol. The number of rotatable bonds is 35. The molecule has 36 heteroatoms. The third-order valence-corrected chi connectivity index (χ3v) is 24.2. The van der Waals surface area contributed by atoms with Crippen LogP contribution in [-0.2, 0) is 76.4 Å². The summed E-state index contributed by atoms with van der Waals surface area (Å²) in [7, 11) is -9.03. The quantitative estimate of drug-likeness (QED) is 0.0117. The zero-order chi connectivity index (χ0) is 81.3. The molecule has 3 aromatic heterocycles. The average Bonchev–Trinajstić information content (AvgIpc) is 1.38. The molecule has 5 fully saturated rings. The molecule has 11 N–H and O–H groups in total. The number of imide groups is 1. The number of amides is 9. The molecule has 5 heterocycles. The van der Waals surface area contributed by atoms with E-state index in [9.17, 15) is 79.0 Å². The summed E-state index contributed by atoms with van der Waals surface area (Å²) in [5, 5.41) is 22.9. The van der Waals surface area contributed by atoms with E-state index in [0.29, 0.717) is 69.8 Å². The van der Waals surface area contributed by atoms with Gasteiger partial charge in [0, 0.05) is 84.8 Å². The Kier molecular flexibility index (Phi) is 23.9. The molecule has 4 aliphatic carbocycles. The normalized spacial score (nSPS) is 22.1. The van der Waals surface area contributed by atoms with E-state index in [4.69, 9.17) is 41.5 Å². The van der Waals surface area contributed by atoms with Gasteiger partial charge in [-0.1, -0.05) is 80.6 Å². The van der Waals surface area contributed by atoms with E-state index in [0.717, 1.165) is 72.3 Å². The summed E-state index contributed by atoms with van der Waals surface area (Å²) in [5.41, 5.74) is 20.5. The predicted molar refractivity (Wildman–Crippen MR) is 414 cm³/mol. The first-order valence-electron chi connectivity index (χ1n) is 36.8. The fraction of sp³-hybridized carbons (Fsp3) is 0.442. The van der Waals surface area contributed by atoms with Crippen LogP contribution in [0.15, 0.2) is 115 Å². The van der Waals surface area contributed by atoms with Crippen LogP contribution in [-0.4, -0.2) is 212 Å². The SMILES string of the molecule is Cc1c(-c2ccc(-c3ccc4cccc(C(=O)Nc5nc6ccccc6s5)c4c3)nc2C(=O)O)cnn1CC12CC3(C)CC(C)(C1)CC(OCCN(CCS(=O)(=O)O)C(=O)OCc1ccc(N(C(=O)[C@@H](N)C(C)CC(=O)CN4C(=O)[C@@H](N5C(=O)C=CC5=O)C[C@H]4COCCS(=O)(=O)O)[C@@H](CCCNC(N)=O)C(N)=O)cc1)(C3)C2. The van der Waals surface area contributed by atoms with Crippen molar-refractivity contribution in [2.75, 3.05) is 67.7 Å². The molecule has 4 saturated carbocycles. The number of likely N-dealkylation sites (tertiary alicyclic amines) is 1. The van der Waals surface area contributed by atoms with Crippen molar-refractivity contribution in [1.29, 1.82) is 0 Å². The van der Waals surface area contributed by atoms with Crippen molar-refractivity contribution in [3.63, 3.8) is 0 Å². The Bertz CT molecular complexity index is 5140. The number of para-hydroxylation sites is 1. The Labute approximate surface area is 654 Å². The molecule has 6 aliphatic rings. The van der Waals surface area contributed by atoms with Gasteiger partial charge in [-0.05, 0) is 145 Å². The summed E-state index contributed by atoms with van der Waals surface area (Å²) < 4.78 is 87.4. The molecule has 7 atom stereocenters. The summed E-state index contributed by atoms with van der Waals surface area (Å²) in [5.74, 6) is -9.06. The van der Waals surface area contributed by atoms with Gasteiger partial charge in [0.15, 0.2) is 16.6 Å². The van der Waals surface area contributed by atoms with E-state index in [2.05, 4.69) is 29.5 Å². The van der Waals surface area contributed by atoms with E-state index >= 15 is 0 Å². The van der Waals surface area contributed by atoms with Crippen LogP contribution in [0.4, 0.5) is 20.4 Å². The van der Waals surface area contributed by atoms with Crippen LogP contribution >= 0.6 is 11.3 Å². The van der Waals surface area contributed by atoms with Crippen molar-refractivity contribution in [1.82, 2.24) is 39.8 Å². The van der Waals surface area contributed by atoms with Crippen molar-refractivity contribution in [3.05, 3.63) is 138 Å². The van der Waals surface area contributed by atoms with Gasteiger partial charge in [0.25, 0.3) is 38.0 Å². The standard InChI is InChI=1S/C77H89N13O20S3/c1-45(31-52(91)35-87-51(37-108-28-30-113(105,106)107)33-60(68(87)96)90-62(92)22-23-63(90)93)64(78)69(97)89(59(66(79)94)12-8-24-81-71(80)100)50-18-14-47(15-19-50)36-109-73(101)86(26-29-112(102,103)104)25-27-110-77-41-74(3)38-75(4,42-77)40-76(39-74,43-77)44-88-46(2)56(34-82-88)53-20-21-57(83-65(53)70(98)99)49-17-16-48-9-7-10-54(55(48)32-49)67(95)85-72-84-58-11-5-6-13-61(58)111-72/h5-7,9-11,13-23,32,34,45,51,59-60,64H,8,12,24-31,33,35-44,78H2,1-4H3,(H2,79,94)(H,98,99)(H3,80,81,100)(H,84,85,95)(H,102,103,104)(H,105,106,107)/t45?,51-,59-,60-,64-,74?,75?,76?,77?/m0/s1. The van der Waals surface area contributed by atoms with E-state index < -0.39 is 154 Å². The van der Waals surface area contributed by atoms with Crippen molar-refractivity contribution < 1.29 is 93.2 Å². The van der Waals surface area contributed by atoms with E-state index in [1.807, 2.05) is 60.1 Å². The topological polar surface area (TPSA) is 486 Å². The lowest BCUT2D eigenvalue weighted by atomic mass is 9.39. The molecule has 113 heavy (non-hydrogen) atoms. The summed E-state index contributed by atoms with van der Waals surface area (Å²) in [6.45, 7) is 5.76. The van der Waals surface area contributed by atoms with Crippen LogP contribution in [0.3, 0.4) is 0 Å². The minimum Gasteiger partial charge on any atom is -0.476 e. The van der Waals surface area contributed by atoms with Gasteiger partial charge < -0.3 is 51.6 Å². The number of hydrogen-bond acceptors (Lipinski definition) is 22. The van der Waals surface area contributed by atoms with Gasteiger partial charge in [0.05, 0.1) is 77.7 Å². The van der Waals surface area contributed by atoms with Crippen molar-refractivity contribution in [2.24, 2.45) is 39.4 Å². The first kappa shape index (κ1) is 82.0. The predicted octanol–water partition coefficient (Wildman–Crippen LogP) is 6.65. The average molecular weight is 1610 g/mol. The fourth-order valence-corrected chi connectivity index (χ4v) is 19.6. The van der Waals surface area contributed by atoms with Crippen LogP contribution in [0.1, 0.15) is 117 Å². The number of hydrogen-bond donors (Lipinski definition) is 8. The number of carbonyl (C=O) groups is 10. The summed E-state index contributed by atoms with van der Waals surface area (Å²) in [4.78, 5) is 147. The van der Waals surface area contributed by atoms with Gasteiger partial charge >= 0.3 is 18.1 Å². The zero-order valence-corrected chi connectivity index (χ0v) is 65.0. The molecule has 33 nitrogen and oxygen atoms in total. The molecule has 0 spiro atoms. The highest BCUT2D eigenvalue weighted by Crippen LogP contribution is 2.72. The van der Waals surface area contributed by atoms with Crippen molar-refractivity contribution >= 4 is 123 Å². The number of Topliss-reactive ketones (excluding diaryl/α,β-unsaturated/α-hetero) is 1. The molecule has 13 rings (SSSR count). The van der Waals surface area contributed by atoms with Crippen LogP contribution < -0.4 is 32.7 Å². The van der Waals surface area contributed by atoms with Gasteiger partial charge in [-0.25, -0.2) is 24.4 Å². The second-order valence-electron chi connectivity index (χ2n) is 31.0. The number of pyridine rings is 1. The lowest BCUT2D eigenvalue weighted by Crippen LogP contribution is -2.64. The van der Waals surface area contributed by atoms with Gasteiger partial charge in [-0.2, -0.15) is 21.9 Å². The lowest BCUT2D eigenvalue weighted by Gasteiger charge is -2.69. The third kappa shape index (κ3) is 18.9. The molecule has 0 radical (unpaired) electrons. The number of thiazole rings is 1. The fourth-order valence-electron chi connectivity index (χ4n) is 18.0. The number of carbonyl (C=O) groups excluding carboxylic acids is 9. The molecule has 1 saturated heterocycles. The number of benzene rings is 4. The summed E-state index contributed by atoms with van der Waals surface area (Å²) >= 11 is 1.37. The largest absolute Gasteiger partial charge is 0.476 e. The van der Waals surface area contributed by atoms with Crippen LogP contribution in [0, 0.1) is 29.1 Å². The number of nitrogens with one attached hydrogen (secondary N) is 2. The number of nitrogens with two attached hydrogens (primary N) is 3. The lowest BCUT2D eigenvalue weighted by molar-refractivity contribution is -0.248. The molecule has 4 bridgehead atoms. The van der Waals surface area contributed by atoms with Crippen LogP contribution in [0.25, 0.3) is 43.4 Å². The first-order chi connectivity index (χ1) is 53.4. The summed E-state index contributed by atoms with van der Waals surface area (Å²) in [6.07, 6.45) is 6.62.